The zero-order chi connectivity index (χ0) is 40.7. The standard InChI is InChI=1S/C46H87NO8/c1-6-8-10-12-14-16-17-18-19-20-21-22-23-24-25-26-27-29-31-33-35-37-44(49)55-42(41-54-46(45(50)51)52-39-38-47(3,4)5)40-53-43(48)36-34-32-30-28-15-13-11-9-7-2/h20-21,42,46H,6-19,22-41H2,1-5H3/b21-20-. The maximum absolute atomic E-state index is 12.7. The van der Waals surface area contributed by atoms with Gasteiger partial charge in [0.05, 0.1) is 40.3 Å². The number of carboxylic acids is 1. The molecule has 0 N–H and O–H groups in total. The van der Waals surface area contributed by atoms with Crippen LogP contribution in [-0.2, 0) is 33.3 Å². The van der Waals surface area contributed by atoms with Crippen molar-refractivity contribution < 1.29 is 42.9 Å². The maximum Gasteiger partial charge on any atom is 0.306 e. The van der Waals surface area contributed by atoms with Gasteiger partial charge in [0.1, 0.15) is 13.2 Å². The summed E-state index contributed by atoms with van der Waals surface area (Å²) in [6.07, 6.45) is 36.8. The molecule has 0 radical (unpaired) electrons. The zero-order valence-electron chi connectivity index (χ0n) is 36.6. The summed E-state index contributed by atoms with van der Waals surface area (Å²) in [6.45, 7) is 4.73. The van der Waals surface area contributed by atoms with E-state index in [1.807, 2.05) is 21.1 Å². The second kappa shape index (κ2) is 38.9. The van der Waals surface area contributed by atoms with Gasteiger partial charge in [0.25, 0.3) is 0 Å². The van der Waals surface area contributed by atoms with E-state index in [4.69, 9.17) is 18.9 Å². The topological polar surface area (TPSA) is 111 Å². The summed E-state index contributed by atoms with van der Waals surface area (Å²) in [5.74, 6) is -2.28. The van der Waals surface area contributed by atoms with E-state index < -0.39 is 24.3 Å². The Morgan fingerprint density at radius 1 is 0.527 bits per heavy atom. The first-order chi connectivity index (χ1) is 26.6. The summed E-state index contributed by atoms with van der Waals surface area (Å²) < 4.78 is 22.5. The van der Waals surface area contributed by atoms with E-state index in [2.05, 4.69) is 26.0 Å². The van der Waals surface area contributed by atoms with Gasteiger partial charge >= 0.3 is 11.9 Å². The molecule has 0 fully saturated rings. The van der Waals surface area contributed by atoms with Crippen LogP contribution in [0.25, 0.3) is 0 Å². The molecule has 0 saturated heterocycles. The fourth-order valence-electron chi connectivity index (χ4n) is 6.41. The molecule has 55 heavy (non-hydrogen) atoms. The van der Waals surface area contributed by atoms with Gasteiger partial charge < -0.3 is 33.3 Å². The molecule has 0 amide bonds. The zero-order valence-corrected chi connectivity index (χ0v) is 36.6. The number of quaternary nitrogens is 1. The molecule has 0 bridgehead atoms. The highest BCUT2D eigenvalue weighted by Gasteiger charge is 2.21. The first-order valence-corrected chi connectivity index (χ1v) is 22.8. The van der Waals surface area contributed by atoms with Crippen molar-refractivity contribution in [3.63, 3.8) is 0 Å². The highest BCUT2D eigenvalue weighted by atomic mass is 16.7. The van der Waals surface area contributed by atoms with Gasteiger partial charge in [-0.2, -0.15) is 0 Å². The molecule has 0 aliphatic rings. The van der Waals surface area contributed by atoms with E-state index in [1.54, 1.807) is 0 Å². The van der Waals surface area contributed by atoms with Crippen LogP contribution in [0.15, 0.2) is 12.2 Å². The molecule has 0 saturated carbocycles. The van der Waals surface area contributed by atoms with Crippen LogP contribution >= 0.6 is 0 Å². The van der Waals surface area contributed by atoms with Gasteiger partial charge in [0.15, 0.2) is 12.4 Å². The van der Waals surface area contributed by atoms with Crippen molar-refractivity contribution in [2.45, 2.75) is 219 Å². The number of esters is 2. The number of unbranched alkanes of at least 4 members (excludes halogenated alkanes) is 25. The normalized spacial score (nSPS) is 13.0. The van der Waals surface area contributed by atoms with E-state index in [-0.39, 0.29) is 32.2 Å². The number of allylic oxidation sites excluding steroid dienone is 2. The molecule has 2 atom stereocenters. The van der Waals surface area contributed by atoms with Gasteiger partial charge in [-0.3, -0.25) is 9.59 Å². The largest absolute Gasteiger partial charge is 0.545 e. The number of carboxylic acid groups (broad SMARTS) is 1. The molecule has 9 heteroatoms. The molecule has 324 valence electrons. The quantitative estimate of drug-likeness (QED) is 0.0198. The van der Waals surface area contributed by atoms with Crippen LogP contribution in [0.2, 0.25) is 0 Å². The van der Waals surface area contributed by atoms with Gasteiger partial charge in [-0.25, -0.2) is 0 Å². The van der Waals surface area contributed by atoms with E-state index in [9.17, 15) is 19.5 Å². The number of aliphatic carboxylic acids is 1. The molecule has 0 spiro atoms. The second-order valence-electron chi connectivity index (χ2n) is 16.7. The lowest BCUT2D eigenvalue weighted by Gasteiger charge is -2.26. The fraction of sp³-hybridized carbons (Fsp3) is 0.891. The number of hydrogen-bond donors (Lipinski definition) is 0. The third kappa shape index (κ3) is 40.0. The SMILES string of the molecule is CCCCCCCCCC/C=C\CCCCCCCCCCCC(=O)OC(COC(=O)CCCCCCCCCCC)COC(OCC[N+](C)(C)C)C(=O)[O-]. The van der Waals surface area contributed by atoms with Crippen molar-refractivity contribution in [2.75, 3.05) is 47.5 Å². The summed E-state index contributed by atoms with van der Waals surface area (Å²) in [4.78, 5) is 36.9. The minimum absolute atomic E-state index is 0.150. The van der Waals surface area contributed by atoms with E-state index >= 15 is 0 Å². The Bertz CT molecular complexity index is 918. The number of carbonyl (C=O) groups excluding carboxylic acids is 3. The van der Waals surface area contributed by atoms with Crippen molar-refractivity contribution in [3.05, 3.63) is 12.2 Å². The lowest BCUT2D eigenvalue weighted by atomic mass is 10.1. The first kappa shape index (κ1) is 53.0. The van der Waals surface area contributed by atoms with Gasteiger partial charge in [-0.1, -0.05) is 167 Å². The van der Waals surface area contributed by atoms with Crippen molar-refractivity contribution >= 4 is 17.9 Å². The molecule has 0 aromatic carbocycles. The average Bonchev–Trinajstić information content (AvgIpc) is 3.14. The van der Waals surface area contributed by atoms with Crippen molar-refractivity contribution in [1.29, 1.82) is 0 Å². The smallest absolute Gasteiger partial charge is 0.306 e. The van der Waals surface area contributed by atoms with Crippen LogP contribution in [0.1, 0.15) is 206 Å². The Morgan fingerprint density at radius 2 is 0.927 bits per heavy atom. The summed E-state index contributed by atoms with van der Waals surface area (Å²) in [5, 5.41) is 11.7. The minimum atomic E-state index is -1.61. The van der Waals surface area contributed by atoms with E-state index in [1.165, 1.54) is 135 Å². The van der Waals surface area contributed by atoms with Crippen LogP contribution in [0.5, 0.6) is 0 Å². The predicted molar refractivity (Wildman–Crippen MR) is 223 cm³/mol. The van der Waals surface area contributed by atoms with Crippen LogP contribution in [0.3, 0.4) is 0 Å². The second-order valence-corrected chi connectivity index (χ2v) is 16.7. The Balaban J connectivity index is 4.30. The molecular weight excluding hydrogens is 695 g/mol. The lowest BCUT2D eigenvalue weighted by molar-refractivity contribution is -0.870. The van der Waals surface area contributed by atoms with Gasteiger partial charge in [0.2, 0.25) is 0 Å². The van der Waals surface area contributed by atoms with E-state index in [0.717, 1.165) is 38.5 Å². The maximum atomic E-state index is 12.7. The minimum Gasteiger partial charge on any atom is -0.545 e. The first-order valence-electron chi connectivity index (χ1n) is 22.8. The molecule has 0 aromatic rings. The van der Waals surface area contributed by atoms with Crippen molar-refractivity contribution in [2.24, 2.45) is 0 Å². The van der Waals surface area contributed by atoms with Crippen molar-refractivity contribution in [3.8, 4) is 0 Å². The predicted octanol–water partition coefficient (Wildman–Crippen LogP) is 10.6. The number of hydrogen-bond acceptors (Lipinski definition) is 8. The average molecular weight is 782 g/mol. The summed E-state index contributed by atoms with van der Waals surface area (Å²) in [6, 6.07) is 0. The molecule has 9 nitrogen and oxygen atoms in total. The third-order valence-corrected chi connectivity index (χ3v) is 10.0. The third-order valence-electron chi connectivity index (χ3n) is 10.0. The lowest BCUT2D eigenvalue weighted by Crippen LogP contribution is -2.44. The number of likely N-dealkylation sites (N-methyl/N-ethyl adjacent to an activating group) is 1. The summed E-state index contributed by atoms with van der Waals surface area (Å²) in [5.41, 5.74) is 0. The van der Waals surface area contributed by atoms with Crippen LogP contribution in [0, 0.1) is 0 Å². The highest BCUT2D eigenvalue weighted by Crippen LogP contribution is 2.15. The van der Waals surface area contributed by atoms with Crippen LogP contribution < -0.4 is 5.11 Å². The fourth-order valence-corrected chi connectivity index (χ4v) is 6.41. The number of carbonyl (C=O) groups is 3. The summed E-state index contributed by atoms with van der Waals surface area (Å²) in [7, 11) is 5.91. The number of nitrogens with zero attached hydrogens (tertiary/aromatic N) is 1. The Hall–Kier alpha value is -1.97. The van der Waals surface area contributed by atoms with E-state index in [0.29, 0.717) is 23.9 Å². The van der Waals surface area contributed by atoms with Crippen molar-refractivity contribution in [1.82, 2.24) is 0 Å². The molecular formula is C46H87NO8. The summed E-state index contributed by atoms with van der Waals surface area (Å²) >= 11 is 0. The Morgan fingerprint density at radius 3 is 1.35 bits per heavy atom. The molecule has 2 unspecified atom stereocenters. The highest BCUT2D eigenvalue weighted by molar-refractivity contribution is 5.70. The van der Waals surface area contributed by atoms with Gasteiger partial charge in [-0.15, -0.1) is 0 Å². The van der Waals surface area contributed by atoms with Crippen LogP contribution in [0.4, 0.5) is 0 Å². The van der Waals surface area contributed by atoms with Crippen LogP contribution in [-0.4, -0.2) is 82.3 Å². The molecule has 0 heterocycles. The molecule has 0 aliphatic heterocycles. The van der Waals surface area contributed by atoms with Gasteiger partial charge in [-0.05, 0) is 38.5 Å². The molecule has 0 aromatic heterocycles. The molecule has 0 rings (SSSR count). The Labute approximate surface area is 338 Å². The monoisotopic (exact) mass is 782 g/mol. The number of ether oxygens (including phenoxy) is 4. The number of rotatable bonds is 42. The van der Waals surface area contributed by atoms with Gasteiger partial charge in [0, 0.05) is 12.8 Å². The molecule has 0 aliphatic carbocycles. The Kier molecular flexibility index (Phi) is 37.5.